The number of aromatic nitrogens is 2. The molecule has 3 nitrogen and oxygen atoms in total. The van der Waals surface area contributed by atoms with Crippen LogP contribution >= 0.6 is 15.9 Å². The molecule has 0 unspecified atom stereocenters. The first-order valence-corrected chi connectivity index (χ1v) is 6.39. The van der Waals surface area contributed by atoms with Crippen molar-refractivity contribution >= 4 is 21.7 Å². The van der Waals surface area contributed by atoms with E-state index in [4.69, 9.17) is 0 Å². The van der Waals surface area contributed by atoms with Gasteiger partial charge >= 0.3 is 0 Å². The number of hydrogen-bond donors (Lipinski definition) is 0. The second kappa shape index (κ2) is 5.44. The maximum Gasteiger partial charge on any atom is 0.170 e. The molecule has 0 N–H and O–H groups in total. The maximum atomic E-state index is 13.5. The largest absolute Gasteiger partial charge is 0.294 e. The molecule has 2 aromatic rings. The van der Waals surface area contributed by atoms with E-state index in [-0.39, 0.29) is 17.8 Å². The average molecular weight is 311 g/mol. The summed E-state index contributed by atoms with van der Waals surface area (Å²) in [5.74, 6) is -0.740. The highest BCUT2D eigenvalue weighted by molar-refractivity contribution is 9.10. The first-order chi connectivity index (χ1) is 8.60. The number of nitrogens with zero attached hydrogens (tertiary/aromatic N) is 2. The topological polar surface area (TPSA) is 34.9 Å². The number of hydrogen-bond acceptors (Lipinski definition) is 2. The fourth-order valence-electron chi connectivity index (χ4n) is 1.66. The summed E-state index contributed by atoms with van der Waals surface area (Å²) in [6, 6.07) is 4.36. The van der Waals surface area contributed by atoms with Crippen molar-refractivity contribution in [3.8, 4) is 0 Å². The highest BCUT2D eigenvalue weighted by atomic mass is 79.9. The van der Waals surface area contributed by atoms with Crippen molar-refractivity contribution in [2.24, 2.45) is 0 Å². The smallest absolute Gasteiger partial charge is 0.170 e. The first kappa shape index (κ1) is 13.0. The Bertz CT molecular complexity index is 580. The highest BCUT2D eigenvalue weighted by Crippen LogP contribution is 2.17. The zero-order valence-corrected chi connectivity index (χ0v) is 11.4. The molecule has 1 aromatic heterocycles. The summed E-state index contributed by atoms with van der Waals surface area (Å²) in [7, 11) is 0. The van der Waals surface area contributed by atoms with Crippen molar-refractivity contribution in [1.82, 2.24) is 9.78 Å². The summed E-state index contributed by atoms with van der Waals surface area (Å²) in [6.45, 7) is 2.71. The molecule has 0 fully saturated rings. The lowest BCUT2D eigenvalue weighted by Gasteiger charge is -2.02. The van der Waals surface area contributed by atoms with E-state index >= 15 is 0 Å². The Morgan fingerprint density at radius 1 is 1.50 bits per heavy atom. The summed E-state index contributed by atoms with van der Waals surface area (Å²) >= 11 is 3.23. The van der Waals surface area contributed by atoms with E-state index in [1.807, 2.05) is 6.92 Å². The molecule has 0 aliphatic rings. The van der Waals surface area contributed by atoms with Crippen LogP contribution in [-0.4, -0.2) is 15.6 Å². The Labute approximate surface area is 113 Å². The predicted octanol–water partition coefficient (Wildman–Crippen LogP) is 3.23. The minimum atomic E-state index is -0.494. The van der Waals surface area contributed by atoms with Gasteiger partial charge in [-0.05, 0) is 30.7 Å². The quantitative estimate of drug-likeness (QED) is 0.813. The lowest BCUT2D eigenvalue weighted by molar-refractivity contribution is 0.0989. The molecule has 5 heteroatoms. The van der Waals surface area contributed by atoms with Crippen LogP contribution < -0.4 is 0 Å². The van der Waals surface area contributed by atoms with Gasteiger partial charge in [0.25, 0.3) is 0 Å². The van der Waals surface area contributed by atoms with Crippen LogP contribution in [0.4, 0.5) is 4.39 Å². The van der Waals surface area contributed by atoms with Crippen molar-refractivity contribution < 1.29 is 9.18 Å². The fourth-order valence-corrected chi connectivity index (χ4v) is 2.02. The molecule has 1 aromatic carbocycles. The van der Waals surface area contributed by atoms with Gasteiger partial charge < -0.3 is 0 Å². The van der Waals surface area contributed by atoms with Crippen LogP contribution in [0.1, 0.15) is 22.8 Å². The van der Waals surface area contributed by atoms with Gasteiger partial charge in [-0.2, -0.15) is 5.10 Å². The van der Waals surface area contributed by atoms with Crippen molar-refractivity contribution in [3.05, 3.63) is 52.0 Å². The van der Waals surface area contributed by atoms with Gasteiger partial charge in [-0.3, -0.25) is 9.48 Å². The van der Waals surface area contributed by atoms with Gasteiger partial charge in [-0.25, -0.2) is 4.39 Å². The zero-order valence-electron chi connectivity index (χ0n) is 9.86. The molecule has 0 amide bonds. The minimum Gasteiger partial charge on any atom is -0.294 e. The van der Waals surface area contributed by atoms with Gasteiger partial charge in [0.15, 0.2) is 5.78 Å². The molecule has 0 aliphatic carbocycles. The highest BCUT2D eigenvalue weighted by Gasteiger charge is 2.13. The Balaban J connectivity index is 2.19. The summed E-state index contributed by atoms with van der Waals surface area (Å²) in [5.41, 5.74) is 0.898. The molecular weight excluding hydrogens is 299 g/mol. The molecule has 0 spiro atoms. The van der Waals surface area contributed by atoms with Crippen LogP contribution in [0.25, 0.3) is 0 Å². The van der Waals surface area contributed by atoms with Gasteiger partial charge in [-0.15, -0.1) is 0 Å². The van der Waals surface area contributed by atoms with Crippen molar-refractivity contribution in [2.45, 2.75) is 19.9 Å². The van der Waals surface area contributed by atoms with Crippen LogP contribution in [0.3, 0.4) is 0 Å². The van der Waals surface area contributed by atoms with Gasteiger partial charge in [0.1, 0.15) is 5.82 Å². The Morgan fingerprint density at radius 3 is 2.94 bits per heavy atom. The number of benzene rings is 1. The SMILES string of the molecule is CCn1cc(CC(=O)c2cc(Br)ccc2F)cn1. The molecule has 0 bridgehead atoms. The summed E-state index contributed by atoms with van der Waals surface area (Å²) in [4.78, 5) is 12.0. The van der Waals surface area contributed by atoms with E-state index in [1.165, 1.54) is 12.1 Å². The second-order valence-electron chi connectivity index (χ2n) is 3.93. The lowest BCUT2D eigenvalue weighted by atomic mass is 10.1. The summed E-state index contributed by atoms with van der Waals surface area (Å²) in [6.07, 6.45) is 3.60. The third-order valence-corrected chi connectivity index (χ3v) is 3.10. The normalized spacial score (nSPS) is 10.6. The van der Waals surface area contributed by atoms with Crippen LogP contribution in [0, 0.1) is 5.82 Å². The molecule has 0 atom stereocenters. The van der Waals surface area contributed by atoms with Crippen LogP contribution in [0.5, 0.6) is 0 Å². The molecular formula is C13H12BrFN2O. The van der Waals surface area contributed by atoms with Gasteiger partial charge in [0, 0.05) is 23.6 Å². The molecule has 1 heterocycles. The number of ketones is 1. The number of rotatable bonds is 4. The van der Waals surface area contributed by atoms with E-state index in [0.717, 1.165) is 12.1 Å². The van der Waals surface area contributed by atoms with Crippen LogP contribution in [-0.2, 0) is 13.0 Å². The third-order valence-electron chi connectivity index (χ3n) is 2.60. The Hall–Kier alpha value is -1.49. The van der Waals surface area contributed by atoms with E-state index < -0.39 is 5.82 Å². The molecule has 18 heavy (non-hydrogen) atoms. The maximum absolute atomic E-state index is 13.5. The fraction of sp³-hybridized carbons (Fsp3) is 0.231. The number of aryl methyl sites for hydroxylation is 1. The summed E-state index contributed by atoms with van der Waals surface area (Å²) in [5, 5.41) is 4.08. The van der Waals surface area contributed by atoms with Crippen LogP contribution in [0.15, 0.2) is 35.1 Å². The molecule has 0 aliphatic heterocycles. The Kier molecular flexibility index (Phi) is 3.91. The van der Waals surface area contributed by atoms with E-state index in [0.29, 0.717) is 4.47 Å². The Morgan fingerprint density at radius 2 is 2.28 bits per heavy atom. The standard InChI is InChI=1S/C13H12BrFN2O/c1-2-17-8-9(7-16-17)5-13(18)11-6-10(14)3-4-12(11)15/h3-4,6-8H,2,5H2,1H3. The molecule has 2 rings (SSSR count). The molecule has 0 saturated carbocycles. The predicted molar refractivity (Wildman–Crippen MR) is 70.0 cm³/mol. The number of Topliss-reactive ketones (excluding diaryl/α,β-unsaturated/α-hetero) is 1. The van der Waals surface area contributed by atoms with Crippen molar-refractivity contribution in [3.63, 3.8) is 0 Å². The van der Waals surface area contributed by atoms with E-state index in [9.17, 15) is 9.18 Å². The molecule has 94 valence electrons. The summed E-state index contributed by atoms with van der Waals surface area (Å²) < 4.78 is 16.0. The molecule has 0 radical (unpaired) electrons. The lowest BCUT2D eigenvalue weighted by Crippen LogP contribution is -2.05. The molecule has 0 saturated heterocycles. The average Bonchev–Trinajstić information content (AvgIpc) is 2.80. The van der Waals surface area contributed by atoms with Gasteiger partial charge in [-0.1, -0.05) is 15.9 Å². The third kappa shape index (κ3) is 2.85. The van der Waals surface area contributed by atoms with Gasteiger partial charge in [0.05, 0.1) is 11.8 Å². The number of halogens is 2. The minimum absolute atomic E-state index is 0.105. The van der Waals surface area contributed by atoms with Gasteiger partial charge in [0.2, 0.25) is 0 Å². The monoisotopic (exact) mass is 310 g/mol. The second-order valence-corrected chi connectivity index (χ2v) is 4.84. The van der Waals surface area contributed by atoms with Crippen molar-refractivity contribution in [2.75, 3.05) is 0 Å². The zero-order chi connectivity index (χ0) is 13.1. The van der Waals surface area contributed by atoms with E-state index in [2.05, 4.69) is 21.0 Å². The van der Waals surface area contributed by atoms with Crippen LogP contribution in [0.2, 0.25) is 0 Å². The van der Waals surface area contributed by atoms with Crippen molar-refractivity contribution in [1.29, 1.82) is 0 Å². The first-order valence-electron chi connectivity index (χ1n) is 5.59. The van der Waals surface area contributed by atoms with E-state index in [1.54, 1.807) is 23.1 Å². The number of carbonyl (C=O) groups excluding carboxylic acids is 1. The number of carbonyl (C=O) groups is 1.